The van der Waals surface area contributed by atoms with E-state index in [1.54, 1.807) is 0 Å². The third kappa shape index (κ3) is 26.3. The van der Waals surface area contributed by atoms with E-state index >= 15 is 0 Å². The topological polar surface area (TPSA) is 192 Å². The Morgan fingerprint density at radius 3 is 1.61 bits per heavy atom. The van der Waals surface area contributed by atoms with E-state index < -0.39 is 63.1 Å². The van der Waals surface area contributed by atoms with Gasteiger partial charge in [0, 0.05) is 13.0 Å². The lowest BCUT2D eigenvalue weighted by molar-refractivity contribution is -0.220. The predicted molar refractivity (Wildman–Crippen MR) is 221 cm³/mol. The van der Waals surface area contributed by atoms with Crippen LogP contribution in [0.4, 0.5) is 0 Å². The van der Waals surface area contributed by atoms with Crippen molar-refractivity contribution in [1.29, 1.82) is 0 Å². The normalized spacial score (nSPS) is 23.5. The average Bonchev–Trinajstić information content (AvgIpc) is 3.18. The molecule has 13 heteroatoms. The van der Waals surface area contributed by atoms with Gasteiger partial charge in [-0.15, -0.1) is 0 Å². The number of phosphoric ester groups is 1. The Balaban J connectivity index is 2.41. The Labute approximate surface area is 337 Å². The number of ether oxygens (including phenoxy) is 2. The molecule has 0 heterocycles. The zero-order valence-electron chi connectivity index (χ0n) is 34.4. The molecule has 0 aromatic heterocycles. The van der Waals surface area contributed by atoms with E-state index in [0.717, 1.165) is 83.5 Å². The summed E-state index contributed by atoms with van der Waals surface area (Å²) in [6, 6.07) is 0. The average molecular weight is 817 g/mol. The Hall–Kier alpha value is -1.70. The number of esters is 1. The molecule has 1 saturated carbocycles. The largest absolute Gasteiger partial charge is 0.472 e. The van der Waals surface area contributed by atoms with Crippen LogP contribution in [-0.2, 0) is 27.9 Å². The highest BCUT2D eigenvalue weighted by Crippen LogP contribution is 2.47. The molecule has 56 heavy (non-hydrogen) atoms. The van der Waals surface area contributed by atoms with E-state index in [4.69, 9.17) is 18.5 Å². The van der Waals surface area contributed by atoms with Crippen molar-refractivity contribution in [1.82, 2.24) is 0 Å². The minimum absolute atomic E-state index is 0.0826. The van der Waals surface area contributed by atoms with Crippen molar-refractivity contribution >= 4 is 13.8 Å². The highest BCUT2D eigenvalue weighted by atomic mass is 31.2. The Morgan fingerprint density at radius 2 is 1.05 bits per heavy atom. The maximum atomic E-state index is 12.8. The van der Waals surface area contributed by atoms with Gasteiger partial charge in [-0.05, 0) is 51.4 Å². The van der Waals surface area contributed by atoms with E-state index in [-0.39, 0.29) is 13.0 Å². The van der Waals surface area contributed by atoms with E-state index in [1.807, 2.05) is 0 Å². The summed E-state index contributed by atoms with van der Waals surface area (Å²) in [5.74, 6) is -0.493. The van der Waals surface area contributed by atoms with Crippen LogP contribution in [0.1, 0.15) is 155 Å². The summed E-state index contributed by atoms with van der Waals surface area (Å²) in [5, 5.41) is 50.0. The lowest BCUT2D eigenvalue weighted by Crippen LogP contribution is -2.64. The first-order chi connectivity index (χ1) is 27.0. The molecule has 0 aromatic carbocycles. The number of phosphoric acid groups is 1. The molecule has 1 fully saturated rings. The molecular formula is C43H77O12P. The number of carbonyl (C=O) groups is 1. The predicted octanol–water partition coefficient (Wildman–Crippen LogP) is 8.08. The molecule has 0 aliphatic heterocycles. The Bertz CT molecular complexity index is 1110. The molecule has 0 saturated heterocycles. The fourth-order valence-electron chi connectivity index (χ4n) is 6.29. The van der Waals surface area contributed by atoms with Gasteiger partial charge in [0.05, 0.1) is 13.2 Å². The molecule has 6 unspecified atom stereocenters. The first-order valence-electron chi connectivity index (χ1n) is 21.5. The molecule has 1 rings (SSSR count). The number of rotatable bonds is 35. The van der Waals surface area contributed by atoms with Crippen molar-refractivity contribution in [2.45, 2.75) is 198 Å². The van der Waals surface area contributed by atoms with Crippen LogP contribution in [0.25, 0.3) is 0 Å². The van der Waals surface area contributed by atoms with E-state index in [1.165, 1.54) is 44.9 Å². The molecule has 12 nitrogen and oxygen atoms in total. The van der Waals surface area contributed by atoms with Gasteiger partial charge in [-0.3, -0.25) is 13.8 Å². The van der Waals surface area contributed by atoms with Crippen molar-refractivity contribution in [2.75, 3.05) is 19.8 Å². The van der Waals surface area contributed by atoms with Crippen molar-refractivity contribution in [3.63, 3.8) is 0 Å². The second-order valence-corrected chi connectivity index (χ2v) is 16.2. The SMILES string of the molecule is CC/C=C\C/C=C\C/C=C\C/C=C\CCCCCCCCC(=O)OC(COCCCCCCCCCCCC)COP(=O)(O)OC1C(O)C(O)C(O)C(O)C1O. The molecule has 326 valence electrons. The van der Waals surface area contributed by atoms with Crippen LogP contribution in [-0.4, -0.2) is 98.9 Å². The molecule has 0 spiro atoms. The highest BCUT2D eigenvalue weighted by Gasteiger charge is 2.51. The summed E-state index contributed by atoms with van der Waals surface area (Å²) in [4.78, 5) is 23.1. The molecule has 6 N–H and O–H groups in total. The Morgan fingerprint density at radius 1 is 0.589 bits per heavy atom. The van der Waals surface area contributed by atoms with Crippen LogP contribution >= 0.6 is 7.82 Å². The van der Waals surface area contributed by atoms with Gasteiger partial charge in [-0.1, -0.05) is 146 Å². The molecule has 1 aliphatic rings. The van der Waals surface area contributed by atoms with Gasteiger partial charge in [0.25, 0.3) is 0 Å². The highest BCUT2D eigenvalue weighted by molar-refractivity contribution is 7.47. The summed E-state index contributed by atoms with van der Waals surface area (Å²) < 4.78 is 34.0. The fraction of sp³-hybridized carbons (Fsp3) is 0.791. The van der Waals surface area contributed by atoms with Crippen LogP contribution in [0.15, 0.2) is 48.6 Å². The second-order valence-electron chi connectivity index (χ2n) is 14.8. The zero-order valence-corrected chi connectivity index (χ0v) is 35.3. The molecule has 0 bridgehead atoms. The summed E-state index contributed by atoms with van der Waals surface area (Å²) in [7, 11) is -5.02. The first-order valence-corrected chi connectivity index (χ1v) is 23.0. The van der Waals surface area contributed by atoms with E-state index in [9.17, 15) is 39.8 Å². The molecule has 0 aromatic rings. The maximum Gasteiger partial charge on any atom is 0.472 e. The standard InChI is InChI=1S/C43H77O12P/c1-3-5-7-9-11-13-15-16-17-18-19-20-21-22-23-24-26-28-30-32-37(44)54-36(34-52-33-31-29-27-25-14-12-10-8-6-4-2)35-53-56(50,51)55-43-41(48)39(46)38(45)40(47)42(43)49/h5,7,11,13,16-17,19-20,36,38-43,45-49H,3-4,6,8-10,12,14-15,18,21-35H2,1-2H3,(H,50,51)/b7-5-,13-11-,17-16-,20-19-. The van der Waals surface area contributed by atoms with Gasteiger partial charge in [0.15, 0.2) is 0 Å². The summed E-state index contributed by atoms with van der Waals surface area (Å²) >= 11 is 0. The Kier molecular flexibility index (Phi) is 31.9. The third-order valence-corrected chi connectivity index (χ3v) is 10.7. The van der Waals surface area contributed by atoms with Crippen molar-refractivity contribution in [3.05, 3.63) is 48.6 Å². The maximum absolute atomic E-state index is 12.8. The van der Waals surface area contributed by atoms with Crippen molar-refractivity contribution in [3.8, 4) is 0 Å². The summed E-state index contributed by atoms with van der Waals surface area (Å²) in [6.07, 6.45) is 27.6. The van der Waals surface area contributed by atoms with Gasteiger partial charge in [0.2, 0.25) is 0 Å². The minimum Gasteiger partial charge on any atom is -0.457 e. The quantitative estimate of drug-likeness (QED) is 0.0156. The van der Waals surface area contributed by atoms with Gasteiger partial charge in [-0.25, -0.2) is 4.57 Å². The number of hydrogen-bond donors (Lipinski definition) is 6. The van der Waals surface area contributed by atoms with Crippen LogP contribution in [0, 0.1) is 0 Å². The number of hydrogen-bond acceptors (Lipinski definition) is 11. The van der Waals surface area contributed by atoms with Crippen LogP contribution in [0.3, 0.4) is 0 Å². The molecule has 1 aliphatic carbocycles. The lowest BCUT2D eigenvalue weighted by atomic mass is 9.85. The number of aliphatic hydroxyl groups excluding tert-OH is 5. The van der Waals surface area contributed by atoms with Crippen LogP contribution < -0.4 is 0 Å². The van der Waals surface area contributed by atoms with Gasteiger partial charge >= 0.3 is 13.8 Å². The van der Waals surface area contributed by atoms with Gasteiger partial charge in [-0.2, -0.15) is 0 Å². The fourth-order valence-corrected chi connectivity index (χ4v) is 7.26. The molecule has 0 amide bonds. The van der Waals surface area contributed by atoms with Crippen molar-refractivity contribution < 1.29 is 58.3 Å². The molecule has 6 atom stereocenters. The number of aliphatic hydroxyl groups is 5. The monoisotopic (exact) mass is 817 g/mol. The first kappa shape index (κ1) is 52.3. The summed E-state index contributed by atoms with van der Waals surface area (Å²) in [5.41, 5.74) is 0. The van der Waals surface area contributed by atoms with E-state index in [2.05, 4.69) is 62.5 Å². The van der Waals surface area contributed by atoms with Gasteiger partial charge in [0.1, 0.15) is 42.7 Å². The van der Waals surface area contributed by atoms with Crippen molar-refractivity contribution in [2.24, 2.45) is 0 Å². The second kappa shape index (κ2) is 34.2. The van der Waals surface area contributed by atoms with Crippen LogP contribution in [0.5, 0.6) is 0 Å². The number of carbonyl (C=O) groups excluding carboxylic acids is 1. The summed E-state index contributed by atoms with van der Waals surface area (Å²) in [6.45, 7) is 4.10. The molecule has 0 radical (unpaired) electrons. The minimum atomic E-state index is -5.02. The smallest absolute Gasteiger partial charge is 0.457 e. The third-order valence-electron chi connectivity index (χ3n) is 9.72. The van der Waals surface area contributed by atoms with Crippen LogP contribution in [0.2, 0.25) is 0 Å². The number of allylic oxidation sites excluding steroid dienone is 8. The zero-order chi connectivity index (χ0) is 41.3. The number of unbranched alkanes of at least 4 members (excludes halogenated alkanes) is 15. The van der Waals surface area contributed by atoms with E-state index in [0.29, 0.717) is 13.0 Å². The lowest BCUT2D eigenvalue weighted by Gasteiger charge is -2.41. The van der Waals surface area contributed by atoms with Gasteiger partial charge < -0.3 is 39.9 Å². The molecular weight excluding hydrogens is 739 g/mol.